The van der Waals surface area contributed by atoms with E-state index in [1.54, 1.807) is 0 Å². The highest BCUT2D eigenvalue weighted by Gasteiger charge is 2.30. The molecule has 3 rings (SSSR count). The Labute approximate surface area is 124 Å². The molecule has 0 amide bonds. The van der Waals surface area contributed by atoms with Crippen LogP contribution in [0.4, 0.5) is 5.69 Å². The Kier molecular flexibility index (Phi) is 3.68. The zero-order chi connectivity index (χ0) is 14.9. The molecule has 0 radical (unpaired) electrons. The molecule has 1 aromatic heterocycles. The molecule has 2 aromatic rings. The average molecular weight is 287 g/mol. The first-order valence-electron chi connectivity index (χ1n) is 7.36. The number of nitrogens with two attached hydrogens (primary N) is 1. The van der Waals surface area contributed by atoms with Gasteiger partial charge in [0, 0.05) is 18.7 Å². The Balaban J connectivity index is 1.78. The van der Waals surface area contributed by atoms with Gasteiger partial charge in [-0.25, -0.2) is 0 Å². The third kappa shape index (κ3) is 2.93. The summed E-state index contributed by atoms with van der Waals surface area (Å²) in [6, 6.07) is 7.78. The van der Waals surface area contributed by atoms with Gasteiger partial charge in [0.2, 0.25) is 5.89 Å². The monoisotopic (exact) mass is 287 g/mol. The first kappa shape index (κ1) is 14.1. The smallest absolute Gasteiger partial charge is 0.236 e. The molecule has 21 heavy (non-hydrogen) atoms. The number of benzene rings is 1. The maximum Gasteiger partial charge on any atom is 0.236 e. The van der Waals surface area contributed by atoms with Crippen LogP contribution in [0.3, 0.4) is 0 Å². The second-order valence-corrected chi connectivity index (χ2v) is 6.10. The normalized spacial score (nSPS) is 19.0. The van der Waals surface area contributed by atoms with Crippen LogP contribution in [0.5, 0.6) is 0 Å². The van der Waals surface area contributed by atoms with Crippen molar-refractivity contribution in [1.82, 2.24) is 10.1 Å². The standard InChI is InChI=1S/C16H21N3O2/c1-16(2,11-5-7-12(17)8-6-11)15-18-14(19-21-15)10-13-4-3-9-20-13/h5-8,13H,3-4,9-10,17H2,1-2H3. The molecule has 0 bridgehead atoms. The molecule has 1 aromatic carbocycles. The molecule has 1 fully saturated rings. The fraction of sp³-hybridized carbons (Fsp3) is 0.500. The van der Waals surface area contributed by atoms with E-state index in [9.17, 15) is 0 Å². The summed E-state index contributed by atoms with van der Waals surface area (Å²) in [6.07, 6.45) is 3.15. The molecule has 0 aliphatic carbocycles. The van der Waals surface area contributed by atoms with Gasteiger partial charge in [0.15, 0.2) is 5.82 Å². The van der Waals surface area contributed by atoms with E-state index in [4.69, 9.17) is 15.0 Å². The van der Waals surface area contributed by atoms with E-state index in [0.717, 1.165) is 42.9 Å². The SMILES string of the molecule is CC(C)(c1ccc(N)cc1)c1nc(CC2CCCO2)no1. The van der Waals surface area contributed by atoms with Crippen LogP contribution in [0.15, 0.2) is 28.8 Å². The molecule has 0 spiro atoms. The van der Waals surface area contributed by atoms with Crippen molar-refractivity contribution in [3.05, 3.63) is 41.5 Å². The van der Waals surface area contributed by atoms with Crippen LogP contribution in [-0.2, 0) is 16.6 Å². The summed E-state index contributed by atoms with van der Waals surface area (Å²) in [7, 11) is 0. The van der Waals surface area contributed by atoms with Gasteiger partial charge in [-0.05, 0) is 44.4 Å². The van der Waals surface area contributed by atoms with E-state index in [1.165, 1.54) is 0 Å². The van der Waals surface area contributed by atoms with E-state index in [1.807, 2.05) is 24.3 Å². The van der Waals surface area contributed by atoms with E-state index in [2.05, 4.69) is 24.0 Å². The summed E-state index contributed by atoms with van der Waals surface area (Å²) in [5.41, 5.74) is 7.25. The minimum Gasteiger partial charge on any atom is -0.399 e. The predicted octanol–water partition coefficient (Wildman–Crippen LogP) is 2.70. The average Bonchev–Trinajstić information content (AvgIpc) is 3.11. The first-order chi connectivity index (χ1) is 10.1. The van der Waals surface area contributed by atoms with Crippen molar-refractivity contribution < 1.29 is 9.26 Å². The second-order valence-electron chi connectivity index (χ2n) is 6.10. The number of anilines is 1. The van der Waals surface area contributed by atoms with E-state index >= 15 is 0 Å². The van der Waals surface area contributed by atoms with Gasteiger partial charge in [0.05, 0.1) is 11.5 Å². The Morgan fingerprint density at radius 1 is 1.29 bits per heavy atom. The number of hydrogen-bond donors (Lipinski definition) is 1. The lowest BCUT2D eigenvalue weighted by Crippen LogP contribution is -2.19. The highest BCUT2D eigenvalue weighted by Crippen LogP contribution is 2.31. The van der Waals surface area contributed by atoms with Crippen LogP contribution in [0.1, 0.15) is 44.0 Å². The predicted molar refractivity (Wildman–Crippen MR) is 80.0 cm³/mol. The van der Waals surface area contributed by atoms with Crippen LogP contribution >= 0.6 is 0 Å². The van der Waals surface area contributed by atoms with Gasteiger partial charge >= 0.3 is 0 Å². The number of ether oxygens (including phenoxy) is 1. The number of hydrogen-bond acceptors (Lipinski definition) is 5. The molecule has 5 heteroatoms. The van der Waals surface area contributed by atoms with Crippen LogP contribution in [-0.4, -0.2) is 22.9 Å². The van der Waals surface area contributed by atoms with Gasteiger partial charge in [0.1, 0.15) is 0 Å². The lowest BCUT2D eigenvalue weighted by molar-refractivity contribution is 0.109. The van der Waals surface area contributed by atoms with Crippen molar-refractivity contribution in [2.24, 2.45) is 0 Å². The molecular formula is C16H21N3O2. The van der Waals surface area contributed by atoms with Gasteiger partial charge in [-0.15, -0.1) is 0 Å². The largest absolute Gasteiger partial charge is 0.399 e. The molecule has 1 saturated heterocycles. The molecule has 1 aliphatic rings. The third-order valence-corrected chi connectivity index (χ3v) is 4.07. The van der Waals surface area contributed by atoms with Gasteiger partial charge < -0.3 is 15.0 Å². The van der Waals surface area contributed by atoms with Crippen LogP contribution in [0.2, 0.25) is 0 Å². The van der Waals surface area contributed by atoms with Crippen molar-refractivity contribution >= 4 is 5.69 Å². The Morgan fingerprint density at radius 3 is 2.71 bits per heavy atom. The van der Waals surface area contributed by atoms with Crippen LogP contribution in [0, 0.1) is 0 Å². The van der Waals surface area contributed by atoms with Crippen molar-refractivity contribution in [3.63, 3.8) is 0 Å². The minimum absolute atomic E-state index is 0.232. The highest BCUT2D eigenvalue weighted by molar-refractivity contribution is 5.42. The zero-order valence-corrected chi connectivity index (χ0v) is 12.5. The highest BCUT2D eigenvalue weighted by atomic mass is 16.5. The van der Waals surface area contributed by atoms with Crippen molar-refractivity contribution in [1.29, 1.82) is 0 Å². The van der Waals surface area contributed by atoms with Gasteiger partial charge in [-0.3, -0.25) is 0 Å². The summed E-state index contributed by atoms with van der Waals surface area (Å²) in [4.78, 5) is 4.56. The van der Waals surface area contributed by atoms with Crippen molar-refractivity contribution in [2.75, 3.05) is 12.3 Å². The minimum atomic E-state index is -0.338. The molecule has 5 nitrogen and oxygen atoms in total. The van der Waals surface area contributed by atoms with E-state index in [0.29, 0.717) is 5.89 Å². The molecular weight excluding hydrogens is 266 g/mol. The van der Waals surface area contributed by atoms with Crippen molar-refractivity contribution in [2.45, 2.75) is 44.6 Å². The van der Waals surface area contributed by atoms with Gasteiger partial charge in [-0.1, -0.05) is 17.3 Å². The molecule has 2 N–H and O–H groups in total. The van der Waals surface area contributed by atoms with E-state index < -0.39 is 0 Å². The first-order valence-corrected chi connectivity index (χ1v) is 7.36. The Morgan fingerprint density at radius 2 is 2.05 bits per heavy atom. The lowest BCUT2D eigenvalue weighted by Gasteiger charge is -2.20. The second kappa shape index (κ2) is 5.48. The lowest BCUT2D eigenvalue weighted by atomic mass is 9.84. The summed E-state index contributed by atoms with van der Waals surface area (Å²) < 4.78 is 11.1. The maximum atomic E-state index is 5.74. The third-order valence-electron chi connectivity index (χ3n) is 4.07. The van der Waals surface area contributed by atoms with E-state index in [-0.39, 0.29) is 11.5 Å². The number of aromatic nitrogens is 2. The fourth-order valence-electron chi connectivity index (χ4n) is 2.62. The summed E-state index contributed by atoms with van der Waals surface area (Å²) in [5.74, 6) is 1.35. The topological polar surface area (TPSA) is 74.2 Å². The fourth-order valence-corrected chi connectivity index (χ4v) is 2.62. The van der Waals surface area contributed by atoms with Crippen molar-refractivity contribution in [3.8, 4) is 0 Å². The summed E-state index contributed by atoms with van der Waals surface area (Å²) in [6.45, 7) is 4.98. The number of nitrogens with zero attached hydrogens (tertiary/aromatic N) is 2. The molecule has 0 saturated carbocycles. The van der Waals surface area contributed by atoms with Gasteiger partial charge in [-0.2, -0.15) is 4.98 Å². The number of rotatable bonds is 4. The van der Waals surface area contributed by atoms with Crippen LogP contribution < -0.4 is 5.73 Å². The number of nitrogen functional groups attached to an aromatic ring is 1. The quantitative estimate of drug-likeness (QED) is 0.875. The summed E-state index contributed by atoms with van der Waals surface area (Å²) >= 11 is 0. The van der Waals surface area contributed by atoms with Crippen LogP contribution in [0.25, 0.3) is 0 Å². The van der Waals surface area contributed by atoms with Gasteiger partial charge in [0.25, 0.3) is 0 Å². The molecule has 1 unspecified atom stereocenters. The zero-order valence-electron chi connectivity index (χ0n) is 12.5. The maximum absolute atomic E-state index is 5.74. The molecule has 1 aliphatic heterocycles. The molecule has 1 atom stereocenters. The Bertz CT molecular complexity index is 598. The molecule has 112 valence electrons. The Hall–Kier alpha value is -1.88. The molecule has 2 heterocycles. The summed E-state index contributed by atoms with van der Waals surface area (Å²) in [5, 5.41) is 4.10.